The Hall–Kier alpha value is -8.40. The fraction of sp³-hybridized carbons (Fsp3) is 0.178. The number of para-hydroxylation sites is 3. The highest BCUT2D eigenvalue weighted by atomic mass is 16.3. The molecule has 0 radical (unpaired) electrons. The summed E-state index contributed by atoms with van der Waals surface area (Å²) in [4.78, 5) is 0. The summed E-state index contributed by atoms with van der Waals surface area (Å²) < 4.78 is 11.2. The quantitative estimate of drug-likeness (QED) is 0.172. The molecule has 4 bridgehead atoms. The van der Waals surface area contributed by atoms with Gasteiger partial charge in [-0.2, -0.15) is 0 Å². The second kappa shape index (κ2) is 14.7. The number of rotatable bonds is 4. The fourth-order valence-corrected chi connectivity index (χ4v) is 17.1. The smallest absolute Gasteiger partial charge is 0.135 e. The lowest BCUT2D eigenvalue weighted by Crippen LogP contribution is -2.55. The molecule has 0 atom stereocenters. The Labute approximate surface area is 441 Å². The summed E-state index contributed by atoms with van der Waals surface area (Å²) >= 11 is 0. The maximum absolute atomic E-state index is 6.28. The number of benzene rings is 10. The summed E-state index contributed by atoms with van der Waals surface area (Å²) in [5.41, 5.74) is 25.7. The van der Waals surface area contributed by atoms with Crippen LogP contribution in [0.4, 0.5) is 0 Å². The molecule has 0 N–H and O–H groups in total. The van der Waals surface area contributed by atoms with Gasteiger partial charge in [0.1, 0.15) is 11.2 Å². The van der Waals surface area contributed by atoms with Gasteiger partial charge in [0.15, 0.2) is 0 Å². The molecule has 3 nitrogen and oxygen atoms in total. The average molecular weight is 975 g/mol. The molecule has 1 spiro atoms. The van der Waals surface area contributed by atoms with E-state index >= 15 is 0 Å². The fourth-order valence-electron chi connectivity index (χ4n) is 17.1. The van der Waals surface area contributed by atoms with Crippen LogP contribution in [0, 0.1) is 23.7 Å². The molecule has 76 heavy (non-hydrogen) atoms. The van der Waals surface area contributed by atoms with E-state index in [1.54, 1.807) is 11.1 Å². The molecule has 3 aromatic heterocycles. The van der Waals surface area contributed by atoms with Crippen molar-refractivity contribution < 1.29 is 4.42 Å². The number of hydrogen-bond acceptors (Lipinski definition) is 1. The van der Waals surface area contributed by atoms with E-state index in [9.17, 15) is 0 Å². The Balaban J connectivity index is 0.771. The van der Waals surface area contributed by atoms with E-state index in [4.69, 9.17) is 4.42 Å². The van der Waals surface area contributed by atoms with Gasteiger partial charge >= 0.3 is 0 Å². The van der Waals surface area contributed by atoms with Crippen LogP contribution in [-0.2, 0) is 10.8 Å². The minimum Gasteiger partial charge on any atom is -0.456 e. The van der Waals surface area contributed by atoms with Crippen molar-refractivity contribution >= 4 is 65.6 Å². The molecule has 6 aliphatic carbocycles. The molecule has 362 valence electrons. The van der Waals surface area contributed by atoms with Crippen LogP contribution < -0.4 is 0 Å². The van der Waals surface area contributed by atoms with E-state index in [-0.39, 0.29) is 10.8 Å². The first-order valence-electron chi connectivity index (χ1n) is 27.9. The maximum atomic E-state index is 6.28. The average Bonchev–Trinajstić information content (AvgIpc) is 4.38. The summed E-state index contributed by atoms with van der Waals surface area (Å²) in [7, 11) is 0. The van der Waals surface area contributed by atoms with Crippen LogP contribution in [0.3, 0.4) is 0 Å². The molecule has 0 saturated heterocycles. The van der Waals surface area contributed by atoms with Gasteiger partial charge in [-0.25, -0.2) is 0 Å². The largest absolute Gasteiger partial charge is 0.456 e. The van der Waals surface area contributed by atoms with Crippen LogP contribution in [0.2, 0.25) is 0 Å². The maximum Gasteiger partial charge on any atom is 0.135 e. The highest BCUT2D eigenvalue weighted by Crippen LogP contribution is 2.69. The highest BCUT2D eigenvalue weighted by molar-refractivity contribution is 6.13. The third kappa shape index (κ3) is 5.38. The van der Waals surface area contributed by atoms with Crippen molar-refractivity contribution in [2.75, 3.05) is 0 Å². The zero-order valence-electron chi connectivity index (χ0n) is 42.8. The molecule has 4 saturated carbocycles. The first-order chi connectivity index (χ1) is 37.4. The Bertz CT molecular complexity index is 4680. The van der Waals surface area contributed by atoms with E-state index in [0.717, 1.165) is 51.3 Å². The summed E-state index contributed by atoms with van der Waals surface area (Å²) in [5.74, 6) is 3.35. The third-order valence-corrected chi connectivity index (χ3v) is 20.1. The van der Waals surface area contributed by atoms with Crippen LogP contribution in [-0.4, -0.2) is 9.13 Å². The molecule has 10 aromatic carbocycles. The summed E-state index contributed by atoms with van der Waals surface area (Å²) in [6.45, 7) is 4.83. The van der Waals surface area contributed by atoms with Gasteiger partial charge in [0.2, 0.25) is 0 Å². The van der Waals surface area contributed by atoms with Gasteiger partial charge in [-0.15, -0.1) is 0 Å². The standard InChI is InChI=1S/C73H54N2O/c1-72(2)62-28-22-44(45-19-25-53-52-11-3-7-15-64(52)73(65(53)37-45)48-32-42-31-43(34-48)35-49(73)33-42)36-59(62)60-40-50(23-29-63(60)72)74-66-16-8-4-12-54(66)56-26-20-46(38-68(56)74)47-21-27-57-55-13-5-9-17-67(55)75(69(57)39-47)51-24-30-71-61(41-51)58-14-6-10-18-70(58)76-71/h3-30,36-43,48-49H,31-35H2,1-2H3. The summed E-state index contributed by atoms with van der Waals surface area (Å²) in [5, 5.41) is 7.27. The zero-order valence-corrected chi connectivity index (χ0v) is 42.8. The van der Waals surface area contributed by atoms with Crippen LogP contribution >= 0.6 is 0 Å². The van der Waals surface area contributed by atoms with Crippen LogP contribution in [0.1, 0.15) is 68.2 Å². The summed E-state index contributed by atoms with van der Waals surface area (Å²) in [6.07, 6.45) is 7.07. The zero-order chi connectivity index (χ0) is 49.8. The van der Waals surface area contributed by atoms with E-state index < -0.39 is 0 Å². The molecular weight excluding hydrogens is 921 g/mol. The van der Waals surface area contributed by atoms with Crippen molar-refractivity contribution in [3.63, 3.8) is 0 Å². The van der Waals surface area contributed by atoms with Gasteiger partial charge < -0.3 is 13.6 Å². The van der Waals surface area contributed by atoms with Crippen molar-refractivity contribution in [3.05, 3.63) is 229 Å². The Morgan fingerprint density at radius 3 is 1.55 bits per heavy atom. The lowest BCUT2D eigenvalue weighted by Gasteiger charge is -2.61. The van der Waals surface area contributed by atoms with Crippen LogP contribution in [0.5, 0.6) is 0 Å². The Morgan fingerprint density at radius 2 is 0.842 bits per heavy atom. The lowest BCUT2D eigenvalue weighted by atomic mass is 9.43. The van der Waals surface area contributed by atoms with Gasteiger partial charge in [-0.1, -0.05) is 147 Å². The van der Waals surface area contributed by atoms with Gasteiger partial charge in [0.25, 0.3) is 0 Å². The van der Waals surface area contributed by atoms with Crippen LogP contribution in [0.15, 0.2) is 211 Å². The predicted molar refractivity (Wildman–Crippen MR) is 314 cm³/mol. The monoisotopic (exact) mass is 974 g/mol. The number of hydrogen-bond donors (Lipinski definition) is 0. The number of nitrogens with zero attached hydrogens (tertiary/aromatic N) is 2. The number of fused-ring (bicyclic) bond motifs is 15. The molecule has 13 aromatic rings. The Morgan fingerprint density at radius 1 is 0.342 bits per heavy atom. The Kier molecular flexibility index (Phi) is 8.11. The number of aromatic nitrogens is 2. The molecule has 19 rings (SSSR count). The highest BCUT2D eigenvalue weighted by Gasteiger charge is 2.61. The van der Waals surface area contributed by atoms with E-state index in [1.165, 1.54) is 137 Å². The van der Waals surface area contributed by atoms with Gasteiger partial charge in [0, 0.05) is 54.5 Å². The first-order valence-corrected chi connectivity index (χ1v) is 27.9. The first kappa shape index (κ1) is 41.9. The van der Waals surface area contributed by atoms with E-state index in [0.29, 0.717) is 0 Å². The second-order valence-electron chi connectivity index (χ2n) is 24.0. The minimum absolute atomic E-state index is 0.126. The van der Waals surface area contributed by atoms with Gasteiger partial charge in [0.05, 0.1) is 22.1 Å². The third-order valence-electron chi connectivity index (χ3n) is 20.1. The normalized spacial score (nSPS) is 21.4. The van der Waals surface area contributed by atoms with Crippen LogP contribution in [0.25, 0.3) is 121 Å². The molecule has 0 unspecified atom stereocenters. The minimum atomic E-state index is -0.126. The van der Waals surface area contributed by atoms with Crippen molar-refractivity contribution in [2.24, 2.45) is 23.7 Å². The number of furan rings is 1. The van der Waals surface area contributed by atoms with Crippen molar-refractivity contribution in [1.29, 1.82) is 0 Å². The molecule has 4 fully saturated rings. The van der Waals surface area contributed by atoms with E-state index in [1.807, 2.05) is 6.07 Å². The molecule has 0 amide bonds. The summed E-state index contributed by atoms with van der Waals surface area (Å²) in [6, 6.07) is 78.7. The molecule has 6 aliphatic rings. The predicted octanol–water partition coefficient (Wildman–Crippen LogP) is 19.1. The van der Waals surface area contributed by atoms with Gasteiger partial charge in [-0.3, -0.25) is 0 Å². The molecular formula is C73H54N2O. The van der Waals surface area contributed by atoms with Gasteiger partial charge in [-0.05, 0) is 195 Å². The van der Waals surface area contributed by atoms with Crippen molar-refractivity contribution in [2.45, 2.75) is 56.8 Å². The lowest BCUT2D eigenvalue weighted by molar-refractivity contribution is -0.0399. The molecule has 3 heteroatoms. The molecule has 0 aliphatic heterocycles. The topological polar surface area (TPSA) is 23.0 Å². The molecule has 3 heterocycles. The second-order valence-corrected chi connectivity index (χ2v) is 24.0. The van der Waals surface area contributed by atoms with Crippen molar-refractivity contribution in [1.82, 2.24) is 9.13 Å². The van der Waals surface area contributed by atoms with Crippen molar-refractivity contribution in [3.8, 4) is 55.9 Å². The van der Waals surface area contributed by atoms with E-state index in [2.05, 4.69) is 223 Å². The SMILES string of the molecule is CC1(C)c2ccc(-c3ccc4c(c3)C3(c5ccccc5-4)C4CC5CC(C4)CC3C5)cc2-c2cc(-n3c4ccccc4c4ccc(-c5ccc6c7ccccc7n(-c7ccc8oc9ccccc9c8c7)c6c5)cc43)ccc21.